The van der Waals surface area contributed by atoms with Crippen LogP contribution in [0.5, 0.6) is 0 Å². The molecule has 1 heterocycles. The lowest BCUT2D eigenvalue weighted by Gasteiger charge is -2.29. The van der Waals surface area contributed by atoms with Gasteiger partial charge in [0.25, 0.3) is 5.91 Å². The summed E-state index contributed by atoms with van der Waals surface area (Å²) in [5.74, 6) is 6.34. The number of hydrazine groups is 1. The Hall–Kier alpha value is -1.33. The third kappa shape index (κ3) is 4.32. The highest BCUT2D eigenvalue weighted by molar-refractivity contribution is 6.33. The Morgan fingerprint density at radius 2 is 2.14 bits per heavy atom. The molecule has 1 amide bonds. The van der Waals surface area contributed by atoms with Gasteiger partial charge in [0.05, 0.1) is 10.6 Å². The van der Waals surface area contributed by atoms with E-state index >= 15 is 0 Å². The molecular formula is C15H23ClN4O. The number of nitrogens with one attached hydrogen (secondary N) is 2. The highest BCUT2D eigenvalue weighted by Crippen LogP contribution is 2.28. The summed E-state index contributed by atoms with van der Waals surface area (Å²) in [6.07, 6.45) is 8.54. The molecule has 0 spiro atoms. The van der Waals surface area contributed by atoms with Crippen molar-refractivity contribution in [3.05, 3.63) is 22.8 Å². The van der Waals surface area contributed by atoms with Crippen LogP contribution in [-0.4, -0.2) is 16.9 Å². The normalized spacial score (nSPS) is 21.9. The zero-order valence-electron chi connectivity index (χ0n) is 12.4. The van der Waals surface area contributed by atoms with Gasteiger partial charge in [-0.3, -0.25) is 4.79 Å². The average molecular weight is 311 g/mol. The van der Waals surface area contributed by atoms with Gasteiger partial charge in [0.1, 0.15) is 0 Å². The van der Waals surface area contributed by atoms with Crippen molar-refractivity contribution >= 4 is 23.3 Å². The van der Waals surface area contributed by atoms with Gasteiger partial charge in [0.2, 0.25) is 0 Å². The second kappa shape index (κ2) is 7.61. The van der Waals surface area contributed by atoms with Crippen LogP contribution in [0.2, 0.25) is 5.02 Å². The van der Waals surface area contributed by atoms with E-state index in [1.807, 2.05) is 0 Å². The van der Waals surface area contributed by atoms with Crippen LogP contribution in [0, 0.1) is 5.92 Å². The number of nitrogen functional groups attached to an aromatic ring is 1. The van der Waals surface area contributed by atoms with Crippen molar-refractivity contribution in [1.29, 1.82) is 0 Å². The first-order valence-electron chi connectivity index (χ1n) is 7.57. The Labute approximate surface area is 130 Å². The van der Waals surface area contributed by atoms with Gasteiger partial charge in [-0.05, 0) is 37.7 Å². The molecule has 1 aromatic heterocycles. The summed E-state index contributed by atoms with van der Waals surface area (Å²) in [6, 6.07) is 1.85. The summed E-state index contributed by atoms with van der Waals surface area (Å²) in [7, 11) is 0. The monoisotopic (exact) mass is 310 g/mol. The maximum atomic E-state index is 12.2. The molecule has 0 saturated heterocycles. The van der Waals surface area contributed by atoms with E-state index in [0.29, 0.717) is 16.4 Å². The summed E-state index contributed by atoms with van der Waals surface area (Å²) < 4.78 is 0. The number of carbonyl (C=O) groups is 1. The topological polar surface area (TPSA) is 80.0 Å². The van der Waals surface area contributed by atoms with Gasteiger partial charge in [0, 0.05) is 12.2 Å². The van der Waals surface area contributed by atoms with Gasteiger partial charge >= 0.3 is 0 Å². The second-order valence-corrected chi connectivity index (χ2v) is 6.09. The average Bonchev–Trinajstić information content (AvgIpc) is 2.49. The van der Waals surface area contributed by atoms with Crippen LogP contribution in [0.3, 0.4) is 0 Å². The van der Waals surface area contributed by atoms with Gasteiger partial charge < -0.3 is 10.7 Å². The predicted octanol–water partition coefficient (Wildman–Crippen LogP) is 3.11. The highest BCUT2D eigenvalue weighted by Gasteiger charge is 2.22. The highest BCUT2D eigenvalue weighted by atomic mass is 35.5. The fourth-order valence-electron chi connectivity index (χ4n) is 2.94. The van der Waals surface area contributed by atoms with E-state index in [1.54, 1.807) is 6.07 Å². The quantitative estimate of drug-likeness (QED) is 0.576. The van der Waals surface area contributed by atoms with E-state index in [-0.39, 0.29) is 11.9 Å². The third-order valence-electron chi connectivity index (χ3n) is 4.12. The number of carbonyl (C=O) groups excluding carboxylic acids is 1. The van der Waals surface area contributed by atoms with Crippen LogP contribution in [0.4, 0.5) is 5.82 Å². The molecule has 1 aromatic rings. The number of rotatable bonds is 5. The zero-order valence-corrected chi connectivity index (χ0v) is 13.1. The van der Waals surface area contributed by atoms with E-state index < -0.39 is 0 Å². The zero-order chi connectivity index (χ0) is 15.2. The minimum absolute atomic E-state index is 0.119. The summed E-state index contributed by atoms with van der Waals surface area (Å²) in [5.41, 5.74) is 2.85. The summed E-state index contributed by atoms with van der Waals surface area (Å²) in [4.78, 5) is 16.2. The molecule has 0 radical (unpaired) electrons. The van der Waals surface area contributed by atoms with Crippen molar-refractivity contribution in [3.63, 3.8) is 0 Å². The van der Waals surface area contributed by atoms with Crippen LogP contribution in [0.1, 0.15) is 55.8 Å². The first kappa shape index (κ1) is 16.0. The van der Waals surface area contributed by atoms with E-state index in [2.05, 4.69) is 22.7 Å². The maximum absolute atomic E-state index is 12.2. The standard InChI is InChI=1S/C15H23ClN4O/c1-2-3-10-4-6-12(7-5-10)19-15(21)11-8-13(16)14(20-17)18-9-11/h8-10,12H,2-7,17H2,1H3,(H,18,20)(H,19,21). The van der Waals surface area contributed by atoms with E-state index in [0.717, 1.165) is 18.8 Å². The van der Waals surface area contributed by atoms with E-state index in [1.165, 1.54) is 31.9 Å². The van der Waals surface area contributed by atoms with Crippen molar-refractivity contribution in [1.82, 2.24) is 10.3 Å². The summed E-state index contributed by atoms with van der Waals surface area (Å²) in [6.45, 7) is 2.23. The van der Waals surface area contributed by atoms with Gasteiger partial charge in [-0.2, -0.15) is 0 Å². The Balaban J connectivity index is 1.89. The van der Waals surface area contributed by atoms with Crippen molar-refractivity contribution in [2.24, 2.45) is 11.8 Å². The molecule has 0 aliphatic heterocycles. The molecule has 4 N–H and O–H groups in total. The number of hydrogen-bond acceptors (Lipinski definition) is 4. The molecule has 1 aliphatic carbocycles. The number of halogens is 1. The maximum Gasteiger partial charge on any atom is 0.253 e. The first-order valence-corrected chi connectivity index (χ1v) is 7.94. The van der Waals surface area contributed by atoms with Crippen LogP contribution < -0.4 is 16.6 Å². The summed E-state index contributed by atoms with van der Waals surface area (Å²) >= 11 is 5.99. The van der Waals surface area contributed by atoms with Gasteiger partial charge in [-0.25, -0.2) is 10.8 Å². The minimum atomic E-state index is -0.119. The lowest BCUT2D eigenvalue weighted by molar-refractivity contribution is 0.0921. The Morgan fingerprint density at radius 3 is 2.71 bits per heavy atom. The molecule has 0 bridgehead atoms. The SMILES string of the molecule is CCCC1CCC(NC(=O)c2cnc(NN)c(Cl)c2)CC1. The summed E-state index contributed by atoms with van der Waals surface area (Å²) in [5, 5.41) is 3.42. The van der Waals surface area contributed by atoms with Crippen LogP contribution >= 0.6 is 11.6 Å². The number of anilines is 1. The Kier molecular flexibility index (Phi) is 5.82. The number of hydrogen-bond donors (Lipinski definition) is 3. The lowest BCUT2D eigenvalue weighted by atomic mass is 9.83. The molecule has 0 unspecified atom stereocenters. The van der Waals surface area contributed by atoms with Crippen LogP contribution in [0.15, 0.2) is 12.3 Å². The predicted molar refractivity (Wildman–Crippen MR) is 85.2 cm³/mol. The van der Waals surface area contributed by atoms with E-state index in [9.17, 15) is 4.79 Å². The molecule has 0 atom stereocenters. The number of aromatic nitrogens is 1. The molecular weight excluding hydrogens is 288 g/mol. The molecule has 5 nitrogen and oxygen atoms in total. The van der Waals surface area contributed by atoms with Crippen LogP contribution in [-0.2, 0) is 0 Å². The van der Waals surface area contributed by atoms with Gasteiger partial charge in [-0.1, -0.05) is 31.4 Å². The number of nitrogens with two attached hydrogens (primary N) is 1. The van der Waals surface area contributed by atoms with Crippen molar-refractivity contribution in [3.8, 4) is 0 Å². The smallest absolute Gasteiger partial charge is 0.253 e. The van der Waals surface area contributed by atoms with Crippen molar-refractivity contribution < 1.29 is 4.79 Å². The fraction of sp³-hybridized carbons (Fsp3) is 0.600. The van der Waals surface area contributed by atoms with E-state index in [4.69, 9.17) is 17.4 Å². The Morgan fingerprint density at radius 1 is 1.43 bits per heavy atom. The second-order valence-electron chi connectivity index (χ2n) is 5.68. The molecule has 6 heteroatoms. The fourth-order valence-corrected chi connectivity index (χ4v) is 3.16. The Bertz CT molecular complexity index is 487. The van der Waals surface area contributed by atoms with Gasteiger partial charge in [-0.15, -0.1) is 0 Å². The van der Waals surface area contributed by atoms with Crippen LogP contribution in [0.25, 0.3) is 0 Å². The number of amides is 1. The minimum Gasteiger partial charge on any atom is -0.349 e. The molecule has 0 aromatic carbocycles. The largest absolute Gasteiger partial charge is 0.349 e. The molecule has 21 heavy (non-hydrogen) atoms. The molecule has 116 valence electrons. The third-order valence-corrected chi connectivity index (χ3v) is 4.41. The first-order chi connectivity index (χ1) is 10.1. The molecule has 2 rings (SSSR count). The van der Waals surface area contributed by atoms with Crippen molar-refractivity contribution in [2.45, 2.75) is 51.5 Å². The molecule has 1 fully saturated rings. The molecule has 1 aliphatic rings. The number of nitrogens with zero attached hydrogens (tertiary/aromatic N) is 1. The van der Waals surface area contributed by atoms with Crippen molar-refractivity contribution in [2.75, 3.05) is 5.43 Å². The lowest BCUT2D eigenvalue weighted by Crippen LogP contribution is -2.37. The van der Waals surface area contributed by atoms with Gasteiger partial charge in [0.15, 0.2) is 5.82 Å². The molecule has 1 saturated carbocycles. The number of pyridine rings is 1.